The molecule has 7 heteroatoms. The fourth-order valence-corrected chi connectivity index (χ4v) is 4.16. The van der Waals surface area contributed by atoms with E-state index in [-0.39, 0.29) is 22.2 Å². The Morgan fingerprint density at radius 1 is 1.19 bits per heavy atom. The molecule has 0 unspecified atom stereocenters. The molecule has 21 heavy (non-hydrogen) atoms. The topological polar surface area (TPSA) is 109 Å². The van der Waals surface area contributed by atoms with Crippen LogP contribution in [-0.4, -0.2) is 25.5 Å². The third-order valence-corrected chi connectivity index (χ3v) is 5.26. The summed E-state index contributed by atoms with van der Waals surface area (Å²) in [6.45, 7) is 0. The number of carboxylic acids is 1. The summed E-state index contributed by atoms with van der Waals surface area (Å²) >= 11 is 0. The highest BCUT2D eigenvalue weighted by Crippen LogP contribution is 2.23. The molecule has 1 aliphatic carbocycles. The molecule has 0 aliphatic heterocycles. The molecule has 0 aromatic heterocycles. The predicted molar refractivity (Wildman–Crippen MR) is 79.6 cm³/mol. The Morgan fingerprint density at radius 3 is 2.38 bits per heavy atom. The molecule has 0 spiro atoms. The number of aromatic carboxylic acids is 1. The summed E-state index contributed by atoms with van der Waals surface area (Å²) in [7, 11) is -3.89. The summed E-state index contributed by atoms with van der Waals surface area (Å²) < 4.78 is 27.5. The molecule has 1 fully saturated rings. The van der Waals surface area contributed by atoms with Crippen LogP contribution in [-0.2, 0) is 10.0 Å². The monoisotopic (exact) mass is 312 g/mol. The number of nitrogens with two attached hydrogens (primary N) is 1. The Bertz CT molecular complexity index is 620. The second-order valence-corrected chi connectivity index (χ2v) is 7.05. The zero-order valence-electron chi connectivity index (χ0n) is 11.7. The van der Waals surface area contributed by atoms with Crippen molar-refractivity contribution in [3.8, 4) is 0 Å². The van der Waals surface area contributed by atoms with Crippen molar-refractivity contribution in [3.63, 3.8) is 0 Å². The van der Waals surface area contributed by atoms with E-state index in [9.17, 15) is 13.2 Å². The van der Waals surface area contributed by atoms with Gasteiger partial charge in [-0.25, -0.2) is 17.9 Å². The van der Waals surface area contributed by atoms with E-state index in [0.717, 1.165) is 38.5 Å². The van der Waals surface area contributed by atoms with Crippen molar-refractivity contribution in [3.05, 3.63) is 23.8 Å². The molecule has 6 nitrogen and oxygen atoms in total. The first-order valence-corrected chi connectivity index (χ1v) is 8.53. The van der Waals surface area contributed by atoms with E-state index in [4.69, 9.17) is 10.8 Å². The largest absolute Gasteiger partial charge is 0.478 e. The molecule has 116 valence electrons. The minimum atomic E-state index is -3.89. The summed E-state index contributed by atoms with van der Waals surface area (Å²) in [5, 5.41) is 9.14. The van der Waals surface area contributed by atoms with Gasteiger partial charge in [0, 0.05) is 11.7 Å². The van der Waals surface area contributed by atoms with Crippen LogP contribution in [0.3, 0.4) is 0 Å². The fourth-order valence-electron chi connectivity index (χ4n) is 2.62. The lowest BCUT2D eigenvalue weighted by molar-refractivity contribution is 0.0692. The number of carbonyl (C=O) groups is 1. The van der Waals surface area contributed by atoms with Gasteiger partial charge in [0.1, 0.15) is 0 Å². The molecule has 1 aromatic rings. The zero-order valence-corrected chi connectivity index (χ0v) is 12.5. The third-order valence-electron chi connectivity index (χ3n) is 3.70. The molecule has 1 aromatic carbocycles. The maximum absolute atomic E-state index is 12.5. The number of sulfonamides is 1. The minimum absolute atomic E-state index is 0.138. The van der Waals surface area contributed by atoms with Gasteiger partial charge in [0.15, 0.2) is 0 Å². The van der Waals surface area contributed by atoms with Gasteiger partial charge in [-0.1, -0.05) is 25.7 Å². The number of anilines is 1. The van der Waals surface area contributed by atoms with Crippen LogP contribution in [0.5, 0.6) is 0 Å². The van der Waals surface area contributed by atoms with Crippen LogP contribution in [0.15, 0.2) is 23.1 Å². The van der Waals surface area contributed by atoms with Crippen LogP contribution in [0, 0.1) is 0 Å². The Morgan fingerprint density at radius 2 is 1.81 bits per heavy atom. The average Bonchev–Trinajstić information content (AvgIpc) is 2.66. The molecule has 2 rings (SSSR count). The number of carboxylic acid groups (broad SMARTS) is 1. The van der Waals surface area contributed by atoms with Gasteiger partial charge in [-0.2, -0.15) is 0 Å². The molecule has 1 aliphatic rings. The van der Waals surface area contributed by atoms with Gasteiger partial charge in [0.25, 0.3) is 0 Å². The zero-order chi connectivity index (χ0) is 15.5. The summed E-state index contributed by atoms with van der Waals surface area (Å²) in [6.07, 6.45) is 5.74. The molecule has 0 radical (unpaired) electrons. The lowest BCUT2D eigenvalue weighted by atomic mass is 10.1. The van der Waals surface area contributed by atoms with Gasteiger partial charge < -0.3 is 10.8 Å². The molecule has 0 bridgehead atoms. The van der Waals surface area contributed by atoms with Crippen LogP contribution in [0.1, 0.15) is 48.9 Å². The summed E-state index contributed by atoms with van der Waals surface area (Å²) in [5.41, 5.74) is 5.56. The second kappa shape index (κ2) is 6.44. The number of rotatable bonds is 4. The summed E-state index contributed by atoms with van der Waals surface area (Å²) in [6, 6.07) is 3.66. The van der Waals surface area contributed by atoms with Crippen LogP contribution < -0.4 is 10.5 Å². The van der Waals surface area contributed by atoms with Gasteiger partial charge in [-0.05, 0) is 31.0 Å². The van der Waals surface area contributed by atoms with Crippen LogP contribution in [0.4, 0.5) is 5.69 Å². The first-order valence-electron chi connectivity index (χ1n) is 7.05. The molecule has 4 N–H and O–H groups in total. The smallest absolute Gasteiger partial charge is 0.337 e. The SMILES string of the molecule is Nc1ccc(C(=O)O)c(S(=O)(=O)NC2CCCCCC2)c1. The van der Waals surface area contributed by atoms with E-state index in [2.05, 4.69) is 4.72 Å². The third kappa shape index (κ3) is 3.95. The van der Waals surface area contributed by atoms with Gasteiger partial charge in [0.2, 0.25) is 10.0 Å². The summed E-state index contributed by atoms with van der Waals surface area (Å²) in [5.74, 6) is -1.28. The van der Waals surface area contributed by atoms with Crippen molar-refractivity contribution in [2.45, 2.75) is 49.5 Å². The van der Waals surface area contributed by atoms with Crippen molar-refractivity contribution in [2.75, 3.05) is 5.73 Å². The first kappa shape index (κ1) is 15.8. The van der Waals surface area contributed by atoms with E-state index in [0.29, 0.717) is 0 Å². The van der Waals surface area contributed by atoms with Crippen molar-refractivity contribution in [2.24, 2.45) is 0 Å². The fraction of sp³-hybridized carbons (Fsp3) is 0.500. The van der Waals surface area contributed by atoms with Crippen molar-refractivity contribution < 1.29 is 18.3 Å². The molecule has 1 saturated carbocycles. The number of benzene rings is 1. The van der Waals surface area contributed by atoms with Crippen LogP contribution in [0.25, 0.3) is 0 Å². The highest BCUT2D eigenvalue weighted by Gasteiger charge is 2.26. The van der Waals surface area contributed by atoms with Crippen molar-refractivity contribution in [1.29, 1.82) is 0 Å². The van der Waals surface area contributed by atoms with Gasteiger partial charge >= 0.3 is 5.97 Å². The Balaban J connectivity index is 2.30. The summed E-state index contributed by atoms with van der Waals surface area (Å²) in [4.78, 5) is 10.9. The normalized spacial score (nSPS) is 17.3. The number of nitrogen functional groups attached to an aromatic ring is 1. The van der Waals surface area contributed by atoms with E-state index in [1.165, 1.54) is 18.2 Å². The molecular weight excluding hydrogens is 292 g/mol. The Kier molecular flexibility index (Phi) is 4.84. The lowest BCUT2D eigenvalue weighted by Crippen LogP contribution is -2.35. The molecule has 0 saturated heterocycles. The first-order chi connectivity index (χ1) is 9.90. The van der Waals surface area contributed by atoms with Gasteiger partial charge in [-0.15, -0.1) is 0 Å². The molecule has 0 atom stereocenters. The van der Waals surface area contributed by atoms with Crippen molar-refractivity contribution >= 4 is 21.7 Å². The average molecular weight is 312 g/mol. The molecule has 0 amide bonds. The number of hydrogen-bond donors (Lipinski definition) is 3. The van der Waals surface area contributed by atoms with Crippen LogP contribution in [0.2, 0.25) is 0 Å². The lowest BCUT2D eigenvalue weighted by Gasteiger charge is -2.17. The van der Waals surface area contributed by atoms with E-state index < -0.39 is 16.0 Å². The van der Waals surface area contributed by atoms with Gasteiger partial charge in [-0.3, -0.25) is 0 Å². The Hall–Kier alpha value is -1.60. The molecule has 0 heterocycles. The predicted octanol–water partition coefficient (Wildman–Crippen LogP) is 1.97. The van der Waals surface area contributed by atoms with E-state index in [1.54, 1.807) is 0 Å². The maximum atomic E-state index is 12.5. The number of nitrogens with one attached hydrogen (secondary N) is 1. The highest BCUT2D eigenvalue weighted by atomic mass is 32.2. The van der Waals surface area contributed by atoms with E-state index >= 15 is 0 Å². The quantitative estimate of drug-likeness (QED) is 0.581. The molecular formula is C14H20N2O4S. The number of hydrogen-bond acceptors (Lipinski definition) is 4. The van der Waals surface area contributed by atoms with Gasteiger partial charge in [0.05, 0.1) is 10.5 Å². The van der Waals surface area contributed by atoms with Crippen molar-refractivity contribution in [1.82, 2.24) is 4.72 Å². The standard InChI is InChI=1S/C14H20N2O4S/c15-10-7-8-12(14(17)18)13(9-10)21(19,20)16-11-5-3-1-2-4-6-11/h7-9,11,16H,1-6,15H2,(H,17,18). The minimum Gasteiger partial charge on any atom is -0.478 e. The second-order valence-electron chi connectivity index (χ2n) is 5.37. The maximum Gasteiger partial charge on any atom is 0.337 e. The highest BCUT2D eigenvalue weighted by molar-refractivity contribution is 7.89. The Labute approximate surface area is 124 Å². The van der Waals surface area contributed by atoms with E-state index in [1.807, 2.05) is 0 Å². The van der Waals surface area contributed by atoms with Crippen LogP contribution >= 0.6 is 0 Å².